The summed E-state index contributed by atoms with van der Waals surface area (Å²) in [5.41, 5.74) is 2.83. The lowest BCUT2D eigenvalue weighted by Gasteiger charge is -2.34. The molecule has 2 amide bonds. The van der Waals surface area contributed by atoms with E-state index in [1.807, 2.05) is 15.9 Å². The Morgan fingerprint density at radius 2 is 1.62 bits per heavy atom. The Morgan fingerprint density at radius 3 is 2.29 bits per heavy atom. The first-order valence-electron chi connectivity index (χ1n) is 12.2. The third-order valence-corrected chi connectivity index (χ3v) is 7.34. The Hall–Kier alpha value is -2.93. The molecule has 2 saturated heterocycles. The summed E-state index contributed by atoms with van der Waals surface area (Å²) >= 11 is 0. The van der Waals surface area contributed by atoms with E-state index >= 15 is 0 Å². The van der Waals surface area contributed by atoms with Crippen molar-refractivity contribution >= 4 is 16.9 Å². The van der Waals surface area contributed by atoms with Crippen LogP contribution < -0.4 is 0 Å². The van der Waals surface area contributed by atoms with Gasteiger partial charge in [0.15, 0.2) is 0 Å². The molecule has 5 nitrogen and oxygen atoms in total. The van der Waals surface area contributed by atoms with Crippen LogP contribution in [0.1, 0.15) is 32.7 Å². The number of fused-ring (bicyclic) bond motifs is 1. The summed E-state index contributed by atoms with van der Waals surface area (Å²) in [6.45, 7) is 9.35. The summed E-state index contributed by atoms with van der Waals surface area (Å²) in [7, 11) is 0. The Balaban J connectivity index is 1.27. The Morgan fingerprint density at radius 1 is 0.912 bits per heavy atom. The summed E-state index contributed by atoms with van der Waals surface area (Å²) in [4.78, 5) is 18.9. The summed E-state index contributed by atoms with van der Waals surface area (Å²) in [6, 6.07) is 12.1. The first kappa shape index (κ1) is 22.8. The predicted molar refractivity (Wildman–Crippen MR) is 131 cm³/mol. The summed E-state index contributed by atoms with van der Waals surface area (Å²) in [6.07, 6.45) is 4.09. The molecule has 0 saturated carbocycles. The highest BCUT2D eigenvalue weighted by atomic mass is 19.1. The van der Waals surface area contributed by atoms with E-state index in [0.29, 0.717) is 6.04 Å². The van der Waals surface area contributed by atoms with Gasteiger partial charge in [0.2, 0.25) is 0 Å². The Kier molecular flexibility index (Phi) is 6.30. The van der Waals surface area contributed by atoms with Crippen LogP contribution in [-0.2, 0) is 0 Å². The lowest BCUT2D eigenvalue weighted by molar-refractivity contribution is 0.158. The second-order valence-electron chi connectivity index (χ2n) is 9.75. The number of hydrogen-bond donors (Lipinski definition) is 0. The number of nitrogens with zero attached hydrogens (tertiary/aromatic N) is 4. The van der Waals surface area contributed by atoms with Crippen molar-refractivity contribution in [3.8, 4) is 11.1 Å². The molecule has 3 heterocycles. The average molecular weight is 467 g/mol. The fourth-order valence-electron chi connectivity index (χ4n) is 5.36. The number of likely N-dealkylation sites (tertiary alicyclic amines) is 1. The molecule has 0 radical (unpaired) electrons. The van der Waals surface area contributed by atoms with Crippen molar-refractivity contribution in [2.45, 2.75) is 38.8 Å². The molecule has 0 bridgehead atoms. The van der Waals surface area contributed by atoms with E-state index in [0.717, 1.165) is 74.1 Å². The largest absolute Gasteiger partial charge is 0.344 e. The highest BCUT2D eigenvalue weighted by Gasteiger charge is 2.30. The van der Waals surface area contributed by atoms with E-state index in [1.54, 1.807) is 18.2 Å². The summed E-state index contributed by atoms with van der Waals surface area (Å²) in [5.74, 6) is -0.547. The first-order chi connectivity index (χ1) is 16.4. The van der Waals surface area contributed by atoms with E-state index in [1.165, 1.54) is 18.2 Å². The summed E-state index contributed by atoms with van der Waals surface area (Å²) < 4.78 is 29.8. The molecule has 34 heavy (non-hydrogen) atoms. The maximum Gasteiger partial charge on any atom is 0.320 e. The first-order valence-corrected chi connectivity index (χ1v) is 12.2. The van der Waals surface area contributed by atoms with Gasteiger partial charge in [-0.1, -0.05) is 12.1 Å². The van der Waals surface area contributed by atoms with Crippen molar-refractivity contribution in [1.29, 1.82) is 0 Å². The van der Waals surface area contributed by atoms with Gasteiger partial charge in [0.1, 0.15) is 11.6 Å². The van der Waals surface area contributed by atoms with Gasteiger partial charge in [-0.25, -0.2) is 13.6 Å². The monoisotopic (exact) mass is 466 g/mol. The maximum absolute atomic E-state index is 14.1. The zero-order valence-electron chi connectivity index (χ0n) is 19.9. The van der Waals surface area contributed by atoms with Crippen LogP contribution in [-0.4, -0.2) is 70.6 Å². The molecular formula is C27H32F2N4O. The number of carbonyl (C=O) groups is 1. The number of halogens is 2. The highest BCUT2D eigenvalue weighted by Crippen LogP contribution is 2.36. The number of hydrogen-bond acceptors (Lipinski definition) is 2. The van der Waals surface area contributed by atoms with Gasteiger partial charge >= 0.3 is 6.03 Å². The van der Waals surface area contributed by atoms with Gasteiger partial charge in [0.25, 0.3) is 0 Å². The van der Waals surface area contributed by atoms with Crippen molar-refractivity contribution < 1.29 is 13.6 Å². The molecule has 3 aromatic rings. The molecule has 0 N–H and O–H groups in total. The second kappa shape index (κ2) is 9.37. The van der Waals surface area contributed by atoms with Crippen molar-refractivity contribution in [1.82, 2.24) is 19.3 Å². The average Bonchev–Trinajstić information content (AvgIpc) is 3.39. The second-order valence-corrected chi connectivity index (χ2v) is 9.75. The number of amides is 2. The van der Waals surface area contributed by atoms with Crippen LogP contribution >= 0.6 is 0 Å². The minimum Gasteiger partial charge on any atom is -0.344 e. The van der Waals surface area contributed by atoms with Crippen molar-refractivity contribution in [3.05, 3.63) is 60.3 Å². The molecule has 2 aliphatic heterocycles. The molecule has 5 rings (SSSR count). The van der Waals surface area contributed by atoms with E-state index in [2.05, 4.69) is 29.5 Å². The lowest BCUT2D eigenvalue weighted by Crippen LogP contribution is -2.42. The molecule has 0 aliphatic carbocycles. The Labute approximate surface area is 199 Å². The number of carbonyl (C=O) groups excluding carboxylic acids is 1. The molecule has 7 heteroatoms. The molecule has 0 atom stereocenters. The number of urea groups is 1. The van der Waals surface area contributed by atoms with Crippen LogP contribution in [0.3, 0.4) is 0 Å². The van der Waals surface area contributed by atoms with E-state index < -0.39 is 0 Å². The molecule has 2 fully saturated rings. The third-order valence-electron chi connectivity index (χ3n) is 7.34. The van der Waals surface area contributed by atoms with Crippen molar-refractivity contribution in [3.63, 3.8) is 0 Å². The smallest absolute Gasteiger partial charge is 0.320 e. The van der Waals surface area contributed by atoms with E-state index in [9.17, 15) is 13.6 Å². The van der Waals surface area contributed by atoms with Crippen LogP contribution in [0.4, 0.5) is 13.6 Å². The van der Waals surface area contributed by atoms with Gasteiger partial charge in [-0.2, -0.15) is 0 Å². The van der Waals surface area contributed by atoms with Gasteiger partial charge < -0.3 is 19.3 Å². The minimum atomic E-state index is -0.279. The lowest BCUT2D eigenvalue weighted by atomic mass is 10.0. The normalized spacial score (nSPS) is 18.1. The van der Waals surface area contributed by atoms with Crippen LogP contribution in [0.25, 0.3) is 22.0 Å². The fraction of sp³-hybridized carbons (Fsp3) is 0.444. The van der Waals surface area contributed by atoms with Gasteiger partial charge in [0.05, 0.1) is 0 Å². The number of benzene rings is 2. The number of aromatic nitrogens is 1. The Bertz CT molecular complexity index is 1170. The highest BCUT2D eigenvalue weighted by molar-refractivity contribution is 5.96. The van der Waals surface area contributed by atoms with Gasteiger partial charge in [-0.3, -0.25) is 0 Å². The van der Waals surface area contributed by atoms with Crippen LogP contribution in [0.5, 0.6) is 0 Å². The van der Waals surface area contributed by atoms with Crippen LogP contribution in [0.2, 0.25) is 0 Å². The number of rotatable bonds is 6. The standard InChI is InChI=1S/C27H32F2N4O/c1-19(2)32-16-15-31(27(32)34)14-13-30-11-9-23(10-12-30)33-18-25(20-3-5-21(28)6-4-20)24-17-22(29)7-8-26(24)33/h3-8,17-19,23H,9-16H2,1-2H3. The summed E-state index contributed by atoms with van der Waals surface area (Å²) in [5, 5.41) is 0.858. The molecule has 2 aliphatic rings. The van der Waals surface area contributed by atoms with Crippen molar-refractivity contribution in [2.75, 3.05) is 39.3 Å². The molecule has 180 valence electrons. The third kappa shape index (κ3) is 4.41. The minimum absolute atomic E-state index is 0.157. The zero-order valence-corrected chi connectivity index (χ0v) is 19.9. The van der Waals surface area contributed by atoms with E-state index in [-0.39, 0.29) is 23.7 Å². The molecular weight excluding hydrogens is 434 g/mol. The zero-order chi connectivity index (χ0) is 23.8. The molecule has 0 unspecified atom stereocenters. The topological polar surface area (TPSA) is 31.7 Å². The van der Waals surface area contributed by atoms with E-state index in [4.69, 9.17) is 0 Å². The van der Waals surface area contributed by atoms with Gasteiger partial charge in [-0.15, -0.1) is 0 Å². The quantitative estimate of drug-likeness (QED) is 0.489. The molecule has 1 aromatic heterocycles. The fourth-order valence-corrected chi connectivity index (χ4v) is 5.36. The predicted octanol–water partition coefficient (Wildman–Crippen LogP) is 5.37. The van der Waals surface area contributed by atoms with Crippen LogP contribution in [0, 0.1) is 11.6 Å². The van der Waals surface area contributed by atoms with Gasteiger partial charge in [-0.05, 0) is 62.6 Å². The molecule has 2 aromatic carbocycles. The maximum atomic E-state index is 14.1. The van der Waals surface area contributed by atoms with Crippen LogP contribution in [0.15, 0.2) is 48.7 Å². The molecule has 0 spiro atoms. The SMILES string of the molecule is CC(C)N1CCN(CCN2CCC(n3cc(-c4ccc(F)cc4)c4cc(F)ccc43)CC2)C1=O. The number of piperidine rings is 1. The van der Waals surface area contributed by atoms with Crippen molar-refractivity contribution in [2.24, 2.45) is 0 Å². The van der Waals surface area contributed by atoms with Gasteiger partial charge in [0, 0.05) is 74.0 Å².